The third-order valence-electron chi connectivity index (χ3n) is 3.92. The van der Waals surface area contributed by atoms with Crippen molar-refractivity contribution < 1.29 is 0 Å². The molecule has 0 atom stereocenters. The van der Waals surface area contributed by atoms with E-state index in [4.69, 9.17) is 10.1 Å². The van der Waals surface area contributed by atoms with Crippen molar-refractivity contribution in [2.45, 2.75) is 6.92 Å². The Morgan fingerprint density at radius 1 is 1.14 bits per heavy atom. The number of hydrogen-bond donors (Lipinski definition) is 1. The van der Waals surface area contributed by atoms with Crippen molar-refractivity contribution >= 4 is 22.6 Å². The Hall–Kier alpha value is -2.89. The lowest BCUT2D eigenvalue weighted by atomic mass is 10.1. The molecule has 3 aromatic heterocycles. The van der Waals surface area contributed by atoms with Gasteiger partial charge in [-0.3, -0.25) is 0 Å². The van der Waals surface area contributed by atoms with Crippen LogP contribution in [-0.4, -0.2) is 31.2 Å². The standard InChI is InChI=1S/C16H16N6/c1-10-12(11-7-5-4-6-8-11)20-22-15(10)19-14(17-2)13-16(22)21(3)9-18-13/h4-9H,1-3H3,(H,17,19). The first kappa shape index (κ1) is 12.8. The fourth-order valence-electron chi connectivity index (χ4n) is 2.81. The molecule has 0 aliphatic heterocycles. The van der Waals surface area contributed by atoms with E-state index in [1.807, 2.05) is 41.4 Å². The topological polar surface area (TPSA) is 60.0 Å². The van der Waals surface area contributed by atoms with Gasteiger partial charge in [0.2, 0.25) is 0 Å². The molecule has 3 heterocycles. The SMILES string of the molecule is CNc1nc2c(C)c(-c3ccccc3)nn2c2c1ncn2C. The first-order chi connectivity index (χ1) is 10.7. The average Bonchev–Trinajstić information content (AvgIpc) is 3.09. The molecular weight excluding hydrogens is 276 g/mol. The van der Waals surface area contributed by atoms with E-state index < -0.39 is 0 Å². The fraction of sp³-hybridized carbons (Fsp3) is 0.188. The number of hydrogen-bond acceptors (Lipinski definition) is 4. The summed E-state index contributed by atoms with van der Waals surface area (Å²) in [5.41, 5.74) is 5.69. The van der Waals surface area contributed by atoms with Crippen molar-refractivity contribution in [3.05, 3.63) is 42.2 Å². The predicted octanol–water partition coefficient (Wildman–Crippen LogP) is 2.63. The molecule has 4 aromatic rings. The molecule has 22 heavy (non-hydrogen) atoms. The summed E-state index contributed by atoms with van der Waals surface area (Å²) in [7, 11) is 3.82. The minimum absolute atomic E-state index is 0.769. The molecule has 0 unspecified atom stereocenters. The molecule has 0 aliphatic carbocycles. The van der Waals surface area contributed by atoms with Crippen molar-refractivity contribution in [3.8, 4) is 11.3 Å². The normalized spacial score (nSPS) is 11.4. The Balaban J connectivity index is 2.14. The summed E-state index contributed by atoms with van der Waals surface area (Å²) < 4.78 is 3.84. The lowest BCUT2D eigenvalue weighted by Gasteiger charge is -2.04. The van der Waals surface area contributed by atoms with E-state index in [9.17, 15) is 0 Å². The monoisotopic (exact) mass is 292 g/mol. The zero-order valence-corrected chi connectivity index (χ0v) is 12.7. The van der Waals surface area contributed by atoms with E-state index in [1.54, 1.807) is 6.33 Å². The van der Waals surface area contributed by atoms with Gasteiger partial charge in [0.15, 0.2) is 22.6 Å². The Labute approximate surface area is 127 Å². The van der Waals surface area contributed by atoms with Crippen LogP contribution in [0.25, 0.3) is 28.1 Å². The largest absolute Gasteiger partial charge is 0.371 e. The van der Waals surface area contributed by atoms with Gasteiger partial charge >= 0.3 is 0 Å². The van der Waals surface area contributed by atoms with Gasteiger partial charge in [-0.25, -0.2) is 9.97 Å². The van der Waals surface area contributed by atoms with Crippen LogP contribution in [0, 0.1) is 6.92 Å². The second-order valence-electron chi connectivity index (χ2n) is 5.31. The van der Waals surface area contributed by atoms with Crippen molar-refractivity contribution in [2.75, 3.05) is 12.4 Å². The Morgan fingerprint density at radius 3 is 2.64 bits per heavy atom. The summed E-state index contributed by atoms with van der Waals surface area (Å²) in [5.74, 6) is 0.769. The van der Waals surface area contributed by atoms with Gasteiger partial charge in [-0.15, -0.1) is 0 Å². The van der Waals surface area contributed by atoms with Crippen LogP contribution in [0.2, 0.25) is 0 Å². The number of aromatic nitrogens is 5. The first-order valence-electron chi connectivity index (χ1n) is 7.14. The summed E-state index contributed by atoms with van der Waals surface area (Å²) >= 11 is 0. The number of nitrogens with zero attached hydrogens (tertiary/aromatic N) is 5. The molecule has 6 heteroatoms. The molecule has 4 rings (SSSR count). The van der Waals surface area contributed by atoms with E-state index >= 15 is 0 Å². The number of fused-ring (bicyclic) bond motifs is 3. The quantitative estimate of drug-likeness (QED) is 0.617. The number of aryl methyl sites for hydroxylation is 2. The average molecular weight is 292 g/mol. The van der Waals surface area contributed by atoms with Gasteiger partial charge < -0.3 is 9.88 Å². The molecule has 1 N–H and O–H groups in total. The number of rotatable bonds is 2. The van der Waals surface area contributed by atoms with Gasteiger partial charge in [-0.2, -0.15) is 9.61 Å². The van der Waals surface area contributed by atoms with E-state index in [1.165, 1.54) is 0 Å². The van der Waals surface area contributed by atoms with Crippen molar-refractivity contribution in [2.24, 2.45) is 7.05 Å². The molecule has 0 radical (unpaired) electrons. The van der Waals surface area contributed by atoms with E-state index in [0.717, 1.165) is 39.4 Å². The molecule has 1 aromatic carbocycles. The smallest absolute Gasteiger partial charge is 0.167 e. The molecule has 0 spiro atoms. The highest BCUT2D eigenvalue weighted by Gasteiger charge is 2.18. The third kappa shape index (κ3) is 1.64. The van der Waals surface area contributed by atoms with Crippen LogP contribution in [0.5, 0.6) is 0 Å². The maximum Gasteiger partial charge on any atom is 0.167 e. The van der Waals surface area contributed by atoms with Crippen LogP contribution in [0.15, 0.2) is 36.7 Å². The Bertz CT molecular complexity index is 980. The van der Waals surface area contributed by atoms with E-state index in [2.05, 4.69) is 29.4 Å². The van der Waals surface area contributed by atoms with E-state index in [-0.39, 0.29) is 0 Å². The highest BCUT2D eigenvalue weighted by Crippen LogP contribution is 2.28. The van der Waals surface area contributed by atoms with Crippen LogP contribution in [0.4, 0.5) is 5.82 Å². The minimum atomic E-state index is 0.769. The second kappa shape index (κ2) is 4.56. The van der Waals surface area contributed by atoms with Crippen LogP contribution < -0.4 is 5.32 Å². The molecule has 110 valence electrons. The minimum Gasteiger partial charge on any atom is -0.371 e. The number of benzene rings is 1. The molecule has 0 amide bonds. The molecule has 0 aliphatic rings. The molecule has 0 saturated heterocycles. The zero-order valence-electron chi connectivity index (χ0n) is 12.7. The third-order valence-corrected chi connectivity index (χ3v) is 3.92. The molecular formula is C16H16N6. The van der Waals surface area contributed by atoms with Crippen LogP contribution in [-0.2, 0) is 7.05 Å². The van der Waals surface area contributed by atoms with Gasteiger partial charge in [0.25, 0.3) is 0 Å². The van der Waals surface area contributed by atoms with Crippen LogP contribution >= 0.6 is 0 Å². The Kier molecular flexibility index (Phi) is 2.66. The van der Waals surface area contributed by atoms with Crippen molar-refractivity contribution in [1.29, 1.82) is 0 Å². The van der Waals surface area contributed by atoms with Gasteiger partial charge in [-0.1, -0.05) is 30.3 Å². The zero-order chi connectivity index (χ0) is 15.3. The number of anilines is 1. The summed E-state index contributed by atoms with van der Waals surface area (Å²) in [6.07, 6.45) is 1.78. The fourth-order valence-corrected chi connectivity index (χ4v) is 2.81. The molecule has 0 bridgehead atoms. The van der Waals surface area contributed by atoms with Gasteiger partial charge in [0, 0.05) is 25.2 Å². The highest BCUT2D eigenvalue weighted by atomic mass is 15.3. The molecule has 0 fully saturated rings. The first-order valence-corrected chi connectivity index (χ1v) is 7.14. The summed E-state index contributed by atoms with van der Waals surface area (Å²) in [6.45, 7) is 2.05. The van der Waals surface area contributed by atoms with Crippen molar-refractivity contribution in [1.82, 2.24) is 24.1 Å². The lowest BCUT2D eigenvalue weighted by molar-refractivity contribution is 0.876. The summed E-state index contributed by atoms with van der Waals surface area (Å²) in [5, 5.41) is 7.91. The summed E-state index contributed by atoms with van der Waals surface area (Å²) in [6, 6.07) is 10.2. The lowest BCUT2D eigenvalue weighted by Crippen LogP contribution is -2.02. The predicted molar refractivity (Wildman–Crippen MR) is 87.0 cm³/mol. The Morgan fingerprint density at radius 2 is 1.91 bits per heavy atom. The maximum absolute atomic E-state index is 4.78. The molecule has 6 nitrogen and oxygen atoms in total. The van der Waals surface area contributed by atoms with E-state index in [0.29, 0.717) is 0 Å². The number of nitrogens with one attached hydrogen (secondary N) is 1. The second-order valence-corrected chi connectivity index (χ2v) is 5.31. The molecule has 0 saturated carbocycles. The summed E-state index contributed by atoms with van der Waals surface area (Å²) in [4.78, 5) is 9.12. The van der Waals surface area contributed by atoms with Gasteiger partial charge in [0.1, 0.15) is 0 Å². The maximum atomic E-state index is 4.78. The van der Waals surface area contributed by atoms with Crippen molar-refractivity contribution in [3.63, 3.8) is 0 Å². The van der Waals surface area contributed by atoms with Gasteiger partial charge in [0.05, 0.1) is 12.0 Å². The van der Waals surface area contributed by atoms with Crippen LogP contribution in [0.3, 0.4) is 0 Å². The number of imidazole rings is 1. The van der Waals surface area contributed by atoms with Crippen LogP contribution in [0.1, 0.15) is 5.56 Å². The van der Waals surface area contributed by atoms with Gasteiger partial charge in [-0.05, 0) is 6.92 Å². The highest BCUT2D eigenvalue weighted by molar-refractivity contribution is 5.87.